The van der Waals surface area contributed by atoms with Crippen LogP contribution in [0.1, 0.15) is 31.1 Å². The summed E-state index contributed by atoms with van der Waals surface area (Å²) < 4.78 is 0. The monoisotopic (exact) mass is 267 g/mol. The SMILES string of the molecule is CC1(C)C(c2ccccc2)=N[C@@H](c2cccnc2)N1O. The molecule has 2 aromatic rings. The van der Waals surface area contributed by atoms with Gasteiger partial charge in [0.1, 0.15) is 0 Å². The lowest BCUT2D eigenvalue weighted by atomic mass is 9.93. The molecule has 0 amide bonds. The van der Waals surface area contributed by atoms with Crippen molar-refractivity contribution in [3.05, 3.63) is 66.0 Å². The van der Waals surface area contributed by atoms with E-state index in [0.29, 0.717) is 0 Å². The molecule has 0 spiro atoms. The second-order valence-corrected chi connectivity index (χ2v) is 5.41. The Morgan fingerprint density at radius 2 is 1.85 bits per heavy atom. The second-order valence-electron chi connectivity index (χ2n) is 5.41. The lowest BCUT2D eigenvalue weighted by Crippen LogP contribution is -2.44. The highest BCUT2D eigenvalue weighted by atomic mass is 16.5. The van der Waals surface area contributed by atoms with Crippen molar-refractivity contribution in [1.29, 1.82) is 0 Å². The minimum atomic E-state index is -0.540. The molecule has 2 heterocycles. The summed E-state index contributed by atoms with van der Waals surface area (Å²) in [6.45, 7) is 3.93. The van der Waals surface area contributed by atoms with Gasteiger partial charge in [0.2, 0.25) is 0 Å². The van der Waals surface area contributed by atoms with E-state index in [2.05, 4.69) is 4.98 Å². The van der Waals surface area contributed by atoms with Gasteiger partial charge in [-0.3, -0.25) is 9.98 Å². The summed E-state index contributed by atoms with van der Waals surface area (Å²) in [5.74, 6) is 0. The minimum Gasteiger partial charge on any atom is -0.311 e. The van der Waals surface area contributed by atoms with E-state index in [0.717, 1.165) is 16.8 Å². The molecule has 4 heteroatoms. The quantitative estimate of drug-likeness (QED) is 0.909. The molecule has 0 fully saturated rings. The zero-order valence-electron chi connectivity index (χ0n) is 11.6. The molecule has 0 unspecified atom stereocenters. The van der Waals surface area contributed by atoms with Crippen LogP contribution in [0, 0.1) is 0 Å². The van der Waals surface area contributed by atoms with Gasteiger partial charge >= 0.3 is 0 Å². The largest absolute Gasteiger partial charge is 0.311 e. The van der Waals surface area contributed by atoms with Crippen molar-refractivity contribution in [1.82, 2.24) is 10.0 Å². The summed E-state index contributed by atoms with van der Waals surface area (Å²) in [7, 11) is 0. The fraction of sp³-hybridized carbons (Fsp3) is 0.250. The third kappa shape index (κ3) is 2.03. The van der Waals surface area contributed by atoms with Crippen molar-refractivity contribution in [2.45, 2.75) is 25.6 Å². The highest BCUT2D eigenvalue weighted by Gasteiger charge is 2.43. The smallest absolute Gasteiger partial charge is 0.153 e. The molecule has 1 aromatic heterocycles. The topological polar surface area (TPSA) is 48.7 Å². The lowest BCUT2D eigenvalue weighted by Gasteiger charge is -2.30. The second kappa shape index (κ2) is 4.81. The molecule has 20 heavy (non-hydrogen) atoms. The third-order valence-corrected chi connectivity index (χ3v) is 3.67. The number of aliphatic imine (C=N–C) groups is 1. The van der Waals surface area contributed by atoms with Crippen molar-refractivity contribution < 1.29 is 5.21 Å². The highest BCUT2D eigenvalue weighted by molar-refractivity contribution is 6.07. The van der Waals surface area contributed by atoms with Crippen LogP contribution in [0.3, 0.4) is 0 Å². The van der Waals surface area contributed by atoms with Gasteiger partial charge in [-0.05, 0) is 25.5 Å². The van der Waals surface area contributed by atoms with E-state index in [1.807, 2.05) is 56.3 Å². The molecule has 0 aliphatic carbocycles. The van der Waals surface area contributed by atoms with E-state index in [9.17, 15) is 5.21 Å². The van der Waals surface area contributed by atoms with Crippen molar-refractivity contribution in [3.8, 4) is 0 Å². The van der Waals surface area contributed by atoms with Crippen LogP contribution in [0.15, 0.2) is 59.9 Å². The molecule has 0 bridgehead atoms. The molecule has 1 atom stereocenters. The predicted octanol–water partition coefficient (Wildman–Crippen LogP) is 3.05. The van der Waals surface area contributed by atoms with Crippen LogP contribution < -0.4 is 0 Å². The number of benzene rings is 1. The molecule has 102 valence electrons. The Balaban J connectivity index is 2.05. The van der Waals surface area contributed by atoms with E-state index >= 15 is 0 Å². The van der Waals surface area contributed by atoms with Gasteiger partial charge in [0, 0.05) is 18.0 Å². The molecule has 3 rings (SSSR count). The molecular formula is C16H17N3O. The van der Waals surface area contributed by atoms with Crippen molar-refractivity contribution in [3.63, 3.8) is 0 Å². The van der Waals surface area contributed by atoms with Crippen LogP contribution in [0.2, 0.25) is 0 Å². The summed E-state index contributed by atoms with van der Waals surface area (Å²) >= 11 is 0. The number of nitrogens with zero attached hydrogens (tertiary/aromatic N) is 3. The molecule has 4 nitrogen and oxygen atoms in total. The summed E-state index contributed by atoms with van der Waals surface area (Å²) in [6.07, 6.45) is 3.04. The number of hydrogen-bond donors (Lipinski definition) is 1. The minimum absolute atomic E-state index is 0.408. The zero-order chi connectivity index (χ0) is 14.2. The van der Waals surface area contributed by atoms with Gasteiger partial charge in [0.25, 0.3) is 0 Å². The van der Waals surface area contributed by atoms with Crippen LogP contribution >= 0.6 is 0 Å². The molecule has 0 radical (unpaired) electrons. The normalized spacial score (nSPS) is 21.8. The molecule has 1 aliphatic heterocycles. The van der Waals surface area contributed by atoms with Gasteiger partial charge in [-0.2, -0.15) is 5.06 Å². The first-order valence-electron chi connectivity index (χ1n) is 6.62. The van der Waals surface area contributed by atoms with Crippen LogP contribution in [0.5, 0.6) is 0 Å². The van der Waals surface area contributed by atoms with E-state index in [-0.39, 0.29) is 0 Å². The van der Waals surface area contributed by atoms with E-state index in [1.54, 1.807) is 12.4 Å². The zero-order valence-corrected chi connectivity index (χ0v) is 11.6. The Morgan fingerprint density at radius 3 is 2.50 bits per heavy atom. The van der Waals surface area contributed by atoms with Gasteiger partial charge in [0.15, 0.2) is 6.17 Å². The average Bonchev–Trinajstić information content (AvgIpc) is 2.72. The van der Waals surface area contributed by atoms with Gasteiger partial charge in [0.05, 0.1) is 11.3 Å². The molecule has 0 saturated carbocycles. The number of aromatic nitrogens is 1. The summed E-state index contributed by atoms with van der Waals surface area (Å²) in [5.41, 5.74) is 2.26. The Hall–Kier alpha value is -2.04. The first kappa shape index (κ1) is 13.0. The molecule has 1 aliphatic rings. The van der Waals surface area contributed by atoms with Gasteiger partial charge in [-0.1, -0.05) is 36.4 Å². The maximum Gasteiger partial charge on any atom is 0.153 e. The summed E-state index contributed by atoms with van der Waals surface area (Å²) in [6, 6.07) is 13.7. The van der Waals surface area contributed by atoms with E-state index < -0.39 is 11.7 Å². The van der Waals surface area contributed by atoms with Crippen LogP contribution in [0.4, 0.5) is 0 Å². The summed E-state index contributed by atoms with van der Waals surface area (Å²) in [4.78, 5) is 8.82. The number of hydrogen-bond acceptors (Lipinski definition) is 4. The predicted molar refractivity (Wildman–Crippen MR) is 77.7 cm³/mol. The fourth-order valence-electron chi connectivity index (χ4n) is 2.52. The maximum absolute atomic E-state index is 10.5. The number of rotatable bonds is 2. The van der Waals surface area contributed by atoms with Crippen LogP contribution in [-0.4, -0.2) is 26.5 Å². The molecular weight excluding hydrogens is 250 g/mol. The number of hydroxylamine groups is 2. The standard InChI is InChI=1S/C16H17N3O/c1-16(2)14(12-7-4-3-5-8-12)18-15(19(16)20)13-9-6-10-17-11-13/h3-11,15,20H,1-2H3/t15-/m1/s1. The first-order chi connectivity index (χ1) is 9.60. The Bertz CT molecular complexity index is 623. The van der Waals surface area contributed by atoms with Gasteiger partial charge < -0.3 is 5.21 Å². The van der Waals surface area contributed by atoms with Crippen LogP contribution in [-0.2, 0) is 0 Å². The molecule has 1 N–H and O–H groups in total. The van der Waals surface area contributed by atoms with E-state index in [4.69, 9.17) is 4.99 Å². The first-order valence-corrected chi connectivity index (χ1v) is 6.62. The fourth-order valence-corrected chi connectivity index (χ4v) is 2.52. The summed E-state index contributed by atoms with van der Waals surface area (Å²) in [5, 5.41) is 11.8. The Kier molecular flexibility index (Phi) is 3.12. The van der Waals surface area contributed by atoms with Crippen molar-refractivity contribution in [2.24, 2.45) is 4.99 Å². The van der Waals surface area contributed by atoms with Crippen LogP contribution in [0.25, 0.3) is 0 Å². The van der Waals surface area contributed by atoms with Gasteiger partial charge in [-0.25, -0.2) is 0 Å². The van der Waals surface area contributed by atoms with E-state index in [1.165, 1.54) is 5.06 Å². The third-order valence-electron chi connectivity index (χ3n) is 3.67. The number of pyridine rings is 1. The van der Waals surface area contributed by atoms with Crippen molar-refractivity contribution in [2.75, 3.05) is 0 Å². The van der Waals surface area contributed by atoms with Crippen molar-refractivity contribution >= 4 is 5.71 Å². The Morgan fingerprint density at radius 1 is 1.10 bits per heavy atom. The maximum atomic E-state index is 10.5. The van der Waals surface area contributed by atoms with Gasteiger partial charge in [-0.15, -0.1) is 0 Å². The molecule has 0 saturated heterocycles. The average molecular weight is 267 g/mol. The lowest BCUT2D eigenvalue weighted by molar-refractivity contribution is -0.159. The highest BCUT2D eigenvalue weighted by Crippen LogP contribution is 2.37. The molecule has 1 aromatic carbocycles. The Labute approximate surface area is 118 Å².